The summed E-state index contributed by atoms with van der Waals surface area (Å²) in [4.78, 5) is 24.3. The molecular formula is C22H25NO4. The number of fused-ring (bicyclic) bond motifs is 3. The molecule has 1 aliphatic rings. The normalized spacial score (nSPS) is 12.9. The zero-order chi connectivity index (χ0) is 19.4. The first kappa shape index (κ1) is 19.0. The molecule has 0 heterocycles. The number of ether oxygens (including phenoxy) is 2. The van der Waals surface area contributed by atoms with Crippen molar-refractivity contribution in [1.29, 1.82) is 0 Å². The van der Waals surface area contributed by atoms with Crippen molar-refractivity contribution < 1.29 is 19.1 Å². The molecule has 5 heteroatoms. The van der Waals surface area contributed by atoms with Crippen LogP contribution in [0.15, 0.2) is 48.5 Å². The smallest absolute Gasteiger partial charge is 0.408 e. The second kappa shape index (κ2) is 7.82. The fourth-order valence-corrected chi connectivity index (χ4v) is 3.32. The predicted molar refractivity (Wildman–Crippen MR) is 104 cm³/mol. The summed E-state index contributed by atoms with van der Waals surface area (Å²) in [6.07, 6.45) is 0.0996. The maximum absolute atomic E-state index is 12.3. The Kier molecular flexibility index (Phi) is 5.49. The first-order valence-electron chi connectivity index (χ1n) is 9.24. The van der Waals surface area contributed by atoms with Gasteiger partial charge in [-0.1, -0.05) is 55.5 Å². The van der Waals surface area contributed by atoms with Crippen molar-refractivity contribution in [1.82, 2.24) is 5.32 Å². The summed E-state index contributed by atoms with van der Waals surface area (Å²) in [5.41, 5.74) is 3.50. The lowest BCUT2D eigenvalue weighted by Crippen LogP contribution is -2.51. The molecule has 0 bridgehead atoms. The first-order chi connectivity index (χ1) is 12.9. The van der Waals surface area contributed by atoms with E-state index in [2.05, 4.69) is 29.6 Å². The van der Waals surface area contributed by atoms with Gasteiger partial charge in [-0.2, -0.15) is 0 Å². The number of hydrogen-bond acceptors (Lipinski definition) is 4. The molecule has 1 aliphatic carbocycles. The molecule has 0 fully saturated rings. The fourth-order valence-electron chi connectivity index (χ4n) is 3.32. The van der Waals surface area contributed by atoms with Crippen LogP contribution < -0.4 is 5.32 Å². The van der Waals surface area contributed by atoms with E-state index in [1.807, 2.05) is 31.2 Å². The molecule has 0 spiro atoms. The Morgan fingerprint density at radius 2 is 1.52 bits per heavy atom. The predicted octanol–water partition coefficient (Wildman–Crippen LogP) is 4.26. The number of rotatable bonds is 6. The van der Waals surface area contributed by atoms with E-state index in [0.717, 1.165) is 17.5 Å². The largest absolute Gasteiger partial charge is 0.464 e. The SMILES string of the molecule is CCCOC(=O)C(C)(C)NC(=O)OCC1c2ccccc2-c2ccccc21. The summed E-state index contributed by atoms with van der Waals surface area (Å²) in [5.74, 6) is -0.490. The fraction of sp³-hybridized carbons (Fsp3) is 0.364. The molecule has 0 saturated heterocycles. The summed E-state index contributed by atoms with van der Waals surface area (Å²) in [6.45, 7) is 5.66. The summed E-state index contributed by atoms with van der Waals surface area (Å²) in [6, 6.07) is 16.3. The van der Waals surface area contributed by atoms with Crippen LogP contribution in [-0.2, 0) is 14.3 Å². The Morgan fingerprint density at radius 3 is 2.07 bits per heavy atom. The van der Waals surface area contributed by atoms with Crippen molar-refractivity contribution in [2.75, 3.05) is 13.2 Å². The van der Waals surface area contributed by atoms with Gasteiger partial charge < -0.3 is 14.8 Å². The molecule has 2 aromatic carbocycles. The Bertz CT molecular complexity index is 798. The Labute approximate surface area is 159 Å². The van der Waals surface area contributed by atoms with Crippen molar-refractivity contribution in [2.45, 2.75) is 38.6 Å². The third-order valence-electron chi connectivity index (χ3n) is 4.71. The minimum absolute atomic E-state index is 0.0155. The lowest BCUT2D eigenvalue weighted by Gasteiger charge is -2.24. The van der Waals surface area contributed by atoms with Crippen LogP contribution in [-0.4, -0.2) is 30.8 Å². The van der Waals surface area contributed by atoms with Crippen LogP contribution >= 0.6 is 0 Å². The molecule has 5 nitrogen and oxygen atoms in total. The van der Waals surface area contributed by atoms with Gasteiger partial charge in [-0.05, 0) is 42.5 Å². The Balaban J connectivity index is 1.67. The van der Waals surface area contributed by atoms with Crippen molar-refractivity contribution >= 4 is 12.1 Å². The van der Waals surface area contributed by atoms with Crippen LogP contribution in [0.4, 0.5) is 4.79 Å². The molecule has 2 aromatic rings. The lowest BCUT2D eigenvalue weighted by atomic mass is 9.98. The number of benzene rings is 2. The van der Waals surface area contributed by atoms with E-state index in [9.17, 15) is 9.59 Å². The van der Waals surface area contributed by atoms with Crippen LogP contribution in [0.5, 0.6) is 0 Å². The van der Waals surface area contributed by atoms with Gasteiger partial charge in [-0.15, -0.1) is 0 Å². The highest BCUT2D eigenvalue weighted by atomic mass is 16.6. The highest BCUT2D eigenvalue weighted by molar-refractivity contribution is 5.85. The highest BCUT2D eigenvalue weighted by Crippen LogP contribution is 2.44. The maximum atomic E-state index is 12.3. The molecule has 0 radical (unpaired) electrons. The summed E-state index contributed by atoms with van der Waals surface area (Å²) < 4.78 is 10.6. The molecule has 0 atom stereocenters. The number of amides is 1. The Morgan fingerprint density at radius 1 is 0.963 bits per heavy atom. The van der Waals surface area contributed by atoms with Gasteiger partial charge >= 0.3 is 12.1 Å². The average molecular weight is 367 g/mol. The molecule has 1 amide bonds. The van der Waals surface area contributed by atoms with E-state index in [1.54, 1.807) is 13.8 Å². The summed E-state index contributed by atoms with van der Waals surface area (Å²) in [5, 5.41) is 2.60. The second-order valence-corrected chi connectivity index (χ2v) is 7.21. The van der Waals surface area contributed by atoms with Crippen LogP contribution in [0.2, 0.25) is 0 Å². The monoisotopic (exact) mass is 367 g/mol. The molecule has 0 aromatic heterocycles. The van der Waals surface area contributed by atoms with Gasteiger partial charge in [0.25, 0.3) is 0 Å². The van der Waals surface area contributed by atoms with E-state index in [0.29, 0.717) is 6.61 Å². The minimum atomic E-state index is -1.14. The van der Waals surface area contributed by atoms with Crippen LogP contribution in [0.3, 0.4) is 0 Å². The van der Waals surface area contributed by atoms with Crippen LogP contribution in [0.1, 0.15) is 44.2 Å². The zero-order valence-corrected chi connectivity index (χ0v) is 16.0. The van der Waals surface area contributed by atoms with Crippen molar-refractivity contribution in [2.24, 2.45) is 0 Å². The molecule has 142 valence electrons. The van der Waals surface area contributed by atoms with E-state index in [1.165, 1.54) is 11.1 Å². The third kappa shape index (κ3) is 3.97. The number of hydrogen-bond donors (Lipinski definition) is 1. The van der Waals surface area contributed by atoms with Crippen LogP contribution in [0, 0.1) is 0 Å². The molecular weight excluding hydrogens is 342 g/mol. The second-order valence-electron chi connectivity index (χ2n) is 7.21. The number of carbonyl (C=O) groups is 2. The minimum Gasteiger partial charge on any atom is -0.464 e. The number of nitrogens with one attached hydrogen (secondary N) is 1. The highest BCUT2D eigenvalue weighted by Gasteiger charge is 2.33. The van der Waals surface area contributed by atoms with Crippen LogP contribution in [0.25, 0.3) is 11.1 Å². The van der Waals surface area contributed by atoms with Gasteiger partial charge in [0, 0.05) is 5.92 Å². The number of carbonyl (C=O) groups excluding carboxylic acids is 2. The van der Waals surface area contributed by atoms with Gasteiger partial charge in [-0.25, -0.2) is 9.59 Å². The first-order valence-corrected chi connectivity index (χ1v) is 9.24. The molecule has 0 aliphatic heterocycles. The van der Waals surface area contributed by atoms with Gasteiger partial charge in [-0.3, -0.25) is 0 Å². The van der Waals surface area contributed by atoms with Gasteiger partial charge in [0.2, 0.25) is 0 Å². The summed E-state index contributed by atoms with van der Waals surface area (Å²) >= 11 is 0. The van der Waals surface area contributed by atoms with E-state index < -0.39 is 17.6 Å². The van der Waals surface area contributed by atoms with Gasteiger partial charge in [0.15, 0.2) is 0 Å². The molecule has 3 rings (SSSR count). The van der Waals surface area contributed by atoms with E-state index in [-0.39, 0.29) is 12.5 Å². The zero-order valence-electron chi connectivity index (χ0n) is 16.0. The maximum Gasteiger partial charge on any atom is 0.408 e. The van der Waals surface area contributed by atoms with Crippen molar-refractivity contribution in [3.8, 4) is 11.1 Å². The quantitative estimate of drug-likeness (QED) is 0.775. The topological polar surface area (TPSA) is 64.6 Å². The average Bonchev–Trinajstić information content (AvgIpc) is 2.98. The standard InChI is InChI=1S/C22H25NO4/c1-4-13-26-20(24)22(2,3)23-21(25)27-14-19-17-11-7-5-9-15(17)16-10-6-8-12-18(16)19/h5-12,19H,4,13-14H2,1-3H3,(H,23,25). The molecule has 27 heavy (non-hydrogen) atoms. The lowest BCUT2D eigenvalue weighted by molar-refractivity contribution is -0.150. The number of alkyl carbamates (subject to hydrolysis) is 1. The molecule has 0 saturated carbocycles. The summed E-state index contributed by atoms with van der Waals surface area (Å²) in [7, 11) is 0. The Hall–Kier alpha value is -2.82. The van der Waals surface area contributed by atoms with E-state index in [4.69, 9.17) is 9.47 Å². The van der Waals surface area contributed by atoms with Crippen molar-refractivity contribution in [3.05, 3.63) is 59.7 Å². The van der Waals surface area contributed by atoms with E-state index >= 15 is 0 Å². The molecule has 0 unspecified atom stereocenters. The number of esters is 1. The third-order valence-corrected chi connectivity index (χ3v) is 4.71. The van der Waals surface area contributed by atoms with Gasteiger partial charge in [0.1, 0.15) is 12.1 Å². The van der Waals surface area contributed by atoms with Crippen molar-refractivity contribution in [3.63, 3.8) is 0 Å². The molecule has 1 N–H and O–H groups in total. The van der Waals surface area contributed by atoms with Gasteiger partial charge in [0.05, 0.1) is 6.61 Å².